The predicted molar refractivity (Wildman–Crippen MR) is 55.8 cm³/mol. The first-order valence-corrected chi connectivity index (χ1v) is 5.43. The molecule has 0 radical (unpaired) electrons. The Morgan fingerprint density at radius 2 is 2.19 bits per heavy atom. The lowest BCUT2D eigenvalue weighted by Crippen LogP contribution is -2.24. The van der Waals surface area contributed by atoms with E-state index in [-0.39, 0.29) is 23.2 Å². The summed E-state index contributed by atoms with van der Waals surface area (Å²) in [6, 6.07) is 2.44. The van der Waals surface area contributed by atoms with Gasteiger partial charge in [0.2, 0.25) is 0 Å². The van der Waals surface area contributed by atoms with Crippen molar-refractivity contribution in [2.45, 2.75) is 6.54 Å². The van der Waals surface area contributed by atoms with Gasteiger partial charge < -0.3 is 9.64 Å². The molecule has 0 spiro atoms. The molecule has 6 heteroatoms. The Hall–Kier alpha value is -1.17. The van der Waals surface area contributed by atoms with Crippen LogP contribution in [0.4, 0.5) is 13.6 Å². The third-order valence-electron chi connectivity index (χ3n) is 2.33. The third-order valence-corrected chi connectivity index (χ3v) is 2.95. The van der Waals surface area contributed by atoms with Crippen molar-refractivity contribution >= 4 is 22.0 Å². The Morgan fingerprint density at radius 1 is 1.44 bits per heavy atom. The number of ether oxygens (including phenoxy) is 1. The van der Waals surface area contributed by atoms with Gasteiger partial charge in [-0.25, -0.2) is 13.6 Å². The van der Waals surface area contributed by atoms with Crippen molar-refractivity contribution in [3.63, 3.8) is 0 Å². The molecular weight excluding hydrogens is 284 g/mol. The summed E-state index contributed by atoms with van der Waals surface area (Å²) in [5, 5.41) is 0. The van der Waals surface area contributed by atoms with Gasteiger partial charge in [-0.2, -0.15) is 0 Å². The van der Waals surface area contributed by atoms with Crippen LogP contribution < -0.4 is 0 Å². The van der Waals surface area contributed by atoms with Crippen LogP contribution in [0, 0.1) is 11.6 Å². The molecule has 86 valence electrons. The van der Waals surface area contributed by atoms with Crippen molar-refractivity contribution in [3.8, 4) is 0 Å². The first-order chi connectivity index (χ1) is 7.59. The number of hydrogen-bond acceptors (Lipinski definition) is 2. The van der Waals surface area contributed by atoms with Gasteiger partial charge in [-0.15, -0.1) is 0 Å². The second-order valence-electron chi connectivity index (χ2n) is 3.36. The Labute approximate surface area is 99.1 Å². The Balaban J connectivity index is 2.27. The lowest BCUT2D eigenvalue weighted by molar-refractivity contribution is 0.156. The van der Waals surface area contributed by atoms with Crippen LogP contribution in [-0.2, 0) is 11.3 Å². The Morgan fingerprint density at radius 3 is 2.81 bits per heavy atom. The standard InChI is InChI=1S/C10H8BrF2NO2/c11-7-1-2-8(12)6(9(7)13)5-14-3-4-16-10(14)15/h1-2H,3-5H2. The van der Waals surface area contributed by atoms with Crippen molar-refractivity contribution in [2.24, 2.45) is 0 Å². The summed E-state index contributed by atoms with van der Waals surface area (Å²) in [5.41, 5.74) is -0.131. The maximum Gasteiger partial charge on any atom is 0.410 e. The molecule has 0 aromatic heterocycles. The fraction of sp³-hybridized carbons (Fsp3) is 0.300. The van der Waals surface area contributed by atoms with Crippen molar-refractivity contribution in [2.75, 3.05) is 13.2 Å². The van der Waals surface area contributed by atoms with Crippen LogP contribution in [-0.4, -0.2) is 24.1 Å². The second kappa shape index (κ2) is 4.37. The average Bonchev–Trinajstić information content (AvgIpc) is 2.65. The summed E-state index contributed by atoms with van der Waals surface area (Å²) in [6.45, 7) is 0.496. The number of hydrogen-bond donors (Lipinski definition) is 0. The van der Waals surface area contributed by atoms with Gasteiger partial charge in [0, 0.05) is 5.56 Å². The fourth-order valence-electron chi connectivity index (χ4n) is 1.47. The normalized spacial score (nSPS) is 15.4. The lowest BCUT2D eigenvalue weighted by atomic mass is 10.2. The number of nitrogens with zero attached hydrogens (tertiary/aromatic N) is 1. The number of rotatable bonds is 2. The molecule has 2 rings (SSSR count). The van der Waals surface area contributed by atoms with Gasteiger partial charge in [-0.3, -0.25) is 0 Å². The molecule has 1 amide bonds. The van der Waals surface area contributed by atoms with Gasteiger partial charge in [-0.1, -0.05) is 0 Å². The van der Waals surface area contributed by atoms with Crippen LogP contribution in [0.3, 0.4) is 0 Å². The van der Waals surface area contributed by atoms with Crippen LogP contribution >= 0.6 is 15.9 Å². The molecule has 1 heterocycles. The summed E-state index contributed by atoms with van der Waals surface area (Å²) in [6.07, 6.45) is -0.543. The predicted octanol–water partition coefficient (Wildman–Crippen LogP) is 2.68. The molecule has 3 nitrogen and oxygen atoms in total. The van der Waals surface area contributed by atoms with Crippen LogP contribution in [0.5, 0.6) is 0 Å². The highest BCUT2D eigenvalue weighted by atomic mass is 79.9. The van der Waals surface area contributed by atoms with E-state index in [2.05, 4.69) is 20.7 Å². The highest BCUT2D eigenvalue weighted by Gasteiger charge is 2.25. The summed E-state index contributed by atoms with van der Waals surface area (Å²) < 4.78 is 31.8. The maximum atomic E-state index is 13.6. The smallest absolute Gasteiger partial charge is 0.410 e. The van der Waals surface area contributed by atoms with Gasteiger partial charge in [0.05, 0.1) is 17.6 Å². The van der Waals surface area contributed by atoms with Crippen LogP contribution in [0.25, 0.3) is 0 Å². The number of halogens is 3. The van der Waals surface area contributed by atoms with E-state index in [1.54, 1.807) is 0 Å². The van der Waals surface area contributed by atoms with E-state index in [0.717, 1.165) is 6.07 Å². The molecule has 16 heavy (non-hydrogen) atoms. The Bertz CT molecular complexity index is 439. The zero-order valence-corrected chi connectivity index (χ0v) is 9.76. The zero-order chi connectivity index (χ0) is 11.7. The molecule has 1 aromatic carbocycles. The highest BCUT2D eigenvalue weighted by Crippen LogP contribution is 2.23. The molecule has 1 aliphatic heterocycles. The summed E-state index contributed by atoms with van der Waals surface area (Å²) in [7, 11) is 0. The average molecular weight is 292 g/mol. The number of amides is 1. The molecule has 1 aliphatic rings. The molecule has 1 aromatic rings. The molecule has 1 saturated heterocycles. The zero-order valence-electron chi connectivity index (χ0n) is 8.17. The largest absolute Gasteiger partial charge is 0.448 e. The minimum absolute atomic E-state index is 0.115. The second-order valence-corrected chi connectivity index (χ2v) is 4.21. The van der Waals surface area contributed by atoms with Crippen LogP contribution in [0.15, 0.2) is 16.6 Å². The van der Waals surface area contributed by atoms with E-state index in [9.17, 15) is 13.6 Å². The monoisotopic (exact) mass is 291 g/mol. The minimum atomic E-state index is -0.681. The van der Waals surface area contributed by atoms with Crippen LogP contribution in [0.2, 0.25) is 0 Å². The minimum Gasteiger partial charge on any atom is -0.448 e. The van der Waals surface area contributed by atoms with E-state index < -0.39 is 17.7 Å². The van der Waals surface area contributed by atoms with Crippen molar-refractivity contribution in [1.29, 1.82) is 0 Å². The first kappa shape index (κ1) is 11.3. The van der Waals surface area contributed by atoms with Gasteiger partial charge >= 0.3 is 6.09 Å². The number of benzene rings is 1. The molecule has 0 aliphatic carbocycles. The molecule has 0 N–H and O–H groups in total. The third kappa shape index (κ3) is 2.02. The summed E-state index contributed by atoms with van der Waals surface area (Å²) in [5.74, 6) is -1.35. The molecule has 0 saturated carbocycles. The number of cyclic esters (lactones) is 1. The number of carbonyl (C=O) groups is 1. The van der Waals surface area contributed by atoms with E-state index in [0.29, 0.717) is 6.54 Å². The quantitative estimate of drug-likeness (QED) is 0.784. The fourth-order valence-corrected chi connectivity index (χ4v) is 1.85. The van der Waals surface area contributed by atoms with E-state index in [1.807, 2.05) is 0 Å². The lowest BCUT2D eigenvalue weighted by Gasteiger charge is -2.14. The van der Waals surface area contributed by atoms with E-state index in [4.69, 9.17) is 0 Å². The molecule has 0 unspecified atom stereocenters. The molecule has 0 atom stereocenters. The maximum absolute atomic E-state index is 13.6. The van der Waals surface area contributed by atoms with E-state index in [1.165, 1.54) is 11.0 Å². The Kier molecular flexibility index (Phi) is 3.09. The molecule has 1 fully saturated rings. The summed E-state index contributed by atoms with van der Waals surface area (Å²) in [4.78, 5) is 12.4. The van der Waals surface area contributed by atoms with Gasteiger partial charge in [0.1, 0.15) is 18.2 Å². The highest BCUT2D eigenvalue weighted by molar-refractivity contribution is 9.10. The molecule has 0 bridgehead atoms. The first-order valence-electron chi connectivity index (χ1n) is 4.63. The SMILES string of the molecule is O=C1OCCN1Cc1c(F)ccc(Br)c1F. The van der Waals surface area contributed by atoms with Crippen molar-refractivity contribution in [1.82, 2.24) is 4.90 Å². The summed E-state index contributed by atoms with van der Waals surface area (Å²) >= 11 is 2.97. The topological polar surface area (TPSA) is 29.5 Å². The molecular formula is C10H8BrF2NO2. The van der Waals surface area contributed by atoms with Gasteiger partial charge in [0.15, 0.2) is 0 Å². The van der Waals surface area contributed by atoms with Crippen molar-refractivity contribution < 1.29 is 18.3 Å². The van der Waals surface area contributed by atoms with Crippen molar-refractivity contribution in [3.05, 3.63) is 33.8 Å². The van der Waals surface area contributed by atoms with E-state index >= 15 is 0 Å². The van der Waals surface area contributed by atoms with Gasteiger partial charge in [-0.05, 0) is 28.1 Å². The van der Waals surface area contributed by atoms with Gasteiger partial charge in [0.25, 0.3) is 0 Å². The number of carbonyl (C=O) groups excluding carboxylic acids is 1. The van der Waals surface area contributed by atoms with Crippen LogP contribution in [0.1, 0.15) is 5.56 Å².